The summed E-state index contributed by atoms with van der Waals surface area (Å²) >= 11 is 6.65. The summed E-state index contributed by atoms with van der Waals surface area (Å²) in [6.45, 7) is 3.96. The van der Waals surface area contributed by atoms with Crippen LogP contribution in [0.5, 0.6) is 0 Å². The molecule has 0 spiro atoms. The molecule has 1 amide bonds. The number of anilines is 1. The highest BCUT2D eigenvalue weighted by molar-refractivity contribution is 6.30. The summed E-state index contributed by atoms with van der Waals surface area (Å²) in [5.74, 6) is 1.35. The molecule has 0 atom stereocenters. The predicted octanol–water partition coefficient (Wildman–Crippen LogP) is 6.39. The number of ether oxygens (including phenoxy) is 1. The molecule has 9 heteroatoms. The van der Waals surface area contributed by atoms with Crippen molar-refractivity contribution < 1.29 is 13.9 Å². The molecule has 44 heavy (non-hydrogen) atoms. The summed E-state index contributed by atoms with van der Waals surface area (Å²) in [7, 11) is 0. The van der Waals surface area contributed by atoms with E-state index < -0.39 is 0 Å². The molecule has 1 N–H and O–H groups in total. The van der Waals surface area contributed by atoms with Gasteiger partial charge in [-0.25, -0.2) is 14.4 Å². The van der Waals surface area contributed by atoms with Gasteiger partial charge in [0.25, 0.3) is 5.91 Å². The Morgan fingerprint density at radius 2 is 1.91 bits per heavy atom. The number of allylic oxidation sites excluding steroid dienone is 6. The molecular weight excluding hydrogens is 577 g/mol. The summed E-state index contributed by atoms with van der Waals surface area (Å²) in [5, 5.41) is 5.96. The highest BCUT2D eigenvalue weighted by atomic mass is 35.5. The Hall–Kier alpha value is -4.17. The van der Waals surface area contributed by atoms with E-state index in [1.807, 2.05) is 36.4 Å². The van der Waals surface area contributed by atoms with E-state index in [0.717, 1.165) is 89.0 Å². The number of hydrogen-bond donors (Lipinski definition) is 1. The molecule has 0 radical (unpaired) electrons. The molecule has 2 aliphatic carbocycles. The first-order chi connectivity index (χ1) is 21.4. The Morgan fingerprint density at radius 3 is 2.75 bits per heavy atom. The van der Waals surface area contributed by atoms with Crippen LogP contribution in [-0.2, 0) is 11.3 Å². The van der Waals surface area contributed by atoms with Crippen LogP contribution in [0.4, 0.5) is 10.2 Å². The Labute approximate surface area is 262 Å². The van der Waals surface area contributed by atoms with Gasteiger partial charge in [0, 0.05) is 61.4 Å². The molecule has 0 bridgehead atoms. The first kappa shape index (κ1) is 29.9. The number of nitrogens with zero attached hydrogens (tertiary/aromatic N) is 4. The summed E-state index contributed by atoms with van der Waals surface area (Å²) in [4.78, 5) is 24.3. The van der Waals surface area contributed by atoms with E-state index in [1.54, 1.807) is 12.4 Å². The molecule has 6 rings (SSSR count). The van der Waals surface area contributed by atoms with Crippen molar-refractivity contribution in [1.82, 2.24) is 19.4 Å². The number of fused-ring (bicyclic) bond motifs is 1. The van der Waals surface area contributed by atoms with Gasteiger partial charge in [-0.3, -0.25) is 4.79 Å². The summed E-state index contributed by atoms with van der Waals surface area (Å²) in [6, 6.07) is 6.42. The van der Waals surface area contributed by atoms with Crippen LogP contribution in [0.1, 0.15) is 72.9 Å². The molecule has 0 saturated carbocycles. The van der Waals surface area contributed by atoms with E-state index in [0.29, 0.717) is 24.3 Å². The van der Waals surface area contributed by atoms with Gasteiger partial charge in [-0.1, -0.05) is 35.9 Å². The summed E-state index contributed by atoms with van der Waals surface area (Å²) in [6.07, 6.45) is 20.8. The number of halogens is 2. The van der Waals surface area contributed by atoms with E-state index in [2.05, 4.69) is 38.1 Å². The topological polar surface area (TPSA) is 72.3 Å². The number of hydrogen-bond acceptors (Lipinski definition) is 5. The monoisotopic (exact) mass is 613 g/mol. The molecule has 3 aromatic rings. The lowest BCUT2D eigenvalue weighted by atomic mass is 10.1. The van der Waals surface area contributed by atoms with Crippen molar-refractivity contribution in [2.45, 2.75) is 64.9 Å². The molecular formula is C35H37ClFN5O2. The first-order valence-electron chi connectivity index (χ1n) is 15.4. The molecule has 228 valence electrons. The van der Waals surface area contributed by atoms with E-state index >= 15 is 0 Å². The van der Waals surface area contributed by atoms with Crippen LogP contribution in [0.25, 0.3) is 17.8 Å². The van der Waals surface area contributed by atoms with Crippen LogP contribution in [0.15, 0.2) is 71.6 Å². The van der Waals surface area contributed by atoms with Gasteiger partial charge < -0.3 is 19.5 Å². The summed E-state index contributed by atoms with van der Waals surface area (Å²) in [5.41, 5.74) is 4.62. The molecule has 7 nitrogen and oxygen atoms in total. The van der Waals surface area contributed by atoms with Gasteiger partial charge in [0.2, 0.25) is 0 Å². The fraction of sp³-hybridized carbons (Fsp3) is 0.343. The Morgan fingerprint density at radius 1 is 1.05 bits per heavy atom. The lowest BCUT2D eigenvalue weighted by molar-refractivity contribution is 0.0723. The second kappa shape index (κ2) is 13.6. The molecule has 1 aromatic carbocycles. The maximum absolute atomic E-state index is 13.5. The van der Waals surface area contributed by atoms with Gasteiger partial charge in [-0.05, 0) is 74.4 Å². The highest BCUT2D eigenvalue weighted by Gasteiger charge is 2.21. The highest BCUT2D eigenvalue weighted by Crippen LogP contribution is 2.27. The van der Waals surface area contributed by atoms with Crippen molar-refractivity contribution in [3.8, 4) is 0 Å². The second-order valence-corrected chi connectivity index (χ2v) is 12.0. The Bertz CT molecular complexity index is 1770. The van der Waals surface area contributed by atoms with Gasteiger partial charge in [0.05, 0.1) is 15.9 Å². The number of amides is 1. The SMILES string of the molecule is Cc1cn(C2=CC=c3ncnc(N/C4=C/C/C(Cl)=C(/OCc5cccc(F)c5)CCC4)c3=CC2)cc1C(=O)N1CCCCC1. The fourth-order valence-corrected chi connectivity index (χ4v) is 6.14. The van der Waals surface area contributed by atoms with Crippen molar-refractivity contribution >= 4 is 41.2 Å². The third-order valence-electron chi connectivity index (χ3n) is 8.36. The van der Waals surface area contributed by atoms with Gasteiger partial charge in [-0.2, -0.15) is 0 Å². The van der Waals surface area contributed by atoms with Crippen molar-refractivity contribution in [2.75, 3.05) is 18.4 Å². The standard InChI is InChI=1S/C35H37ClFN5O2/c1-24-20-42(21-30(24)35(43)41-17-3-2-4-18-41)28-12-14-29-32(16-13-28)38-23-39-34(29)40-27-9-6-10-33(31(36)15-11-27)44-22-25-7-5-8-26(37)19-25/h5,7-8,11,13-14,16,19-21,23H,2-4,6,9-10,12,15,17-18,22H2,1H3,(H,38,39,40)/b27-11+,33-31-. The number of piperidine rings is 1. The summed E-state index contributed by atoms with van der Waals surface area (Å²) < 4.78 is 21.6. The van der Waals surface area contributed by atoms with Crippen LogP contribution in [0.3, 0.4) is 0 Å². The largest absolute Gasteiger partial charge is 0.492 e. The zero-order chi connectivity index (χ0) is 30.5. The molecule has 1 fully saturated rings. The van der Waals surface area contributed by atoms with Crippen molar-refractivity contribution in [2.24, 2.45) is 0 Å². The minimum atomic E-state index is -0.277. The normalized spacial score (nSPS) is 20.0. The second-order valence-electron chi connectivity index (χ2n) is 11.5. The lowest BCUT2D eigenvalue weighted by Crippen LogP contribution is -2.35. The number of aryl methyl sites for hydroxylation is 1. The molecule has 0 unspecified atom stereocenters. The van der Waals surface area contributed by atoms with Crippen LogP contribution >= 0.6 is 11.6 Å². The van der Waals surface area contributed by atoms with Gasteiger partial charge in [-0.15, -0.1) is 0 Å². The van der Waals surface area contributed by atoms with E-state index in [9.17, 15) is 9.18 Å². The first-order valence-corrected chi connectivity index (χ1v) is 15.7. The third-order valence-corrected chi connectivity index (χ3v) is 8.72. The zero-order valence-electron chi connectivity index (χ0n) is 25.0. The quantitative estimate of drug-likeness (QED) is 0.334. The van der Waals surface area contributed by atoms with Crippen LogP contribution in [0, 0.1) is 12.7 Å². The van der Waals surface area contributed by atoms with Crippen molar-refractivity contribution in [3.05, 3.63) is 105 Å². The van der Waals surface area contributed by atoms with E-state index in [1.165, 1.54) is 18.6 Å². The minimum Gasteiger partial charge on any atom is -0.492 e. The zero-order valence-corrected chi connectivity index (χ0v) is 25.7. The number of carbonyl (C=O) groups is 1. The number of benzene rings is 1. The van der Waals surface area contributed by atoms with Gasteiger partial charge >= 0.3 is 0 Å². The molecule has 1 aliphatic heterocycles. The molecule has 2 aromatic heterocycles. The number of carbonyl (C=O) groups excluding carboxylic acids is 1. The van der Waals surface area contributed by atoms with Crippen molar-refractivity contribution in [3.63, 3.8) is 0 Å². The predicted molar refractivity (Wildman–Crippen MR) is 172 cm³/mol. The fourth-order valence-electron chi connectivity index (χ4n) is 5.91. The van der Waals surface area contributed by atoms with Gasteiger partial charge in [0.15, 0.2) is 0 Å². The number of likely N-dealkylation sites (tertiary alicyclic amines) is 1. The van der Waals surface area contributed by atoms with Gasteiger partial charge in [0.1, 0.15) is 30.3 Å². The third kappa shape index (κ3) is 6.97. The van der Waals surface area contributed by atoms with Crippen LogP contribution < -0.4 is 15.9 Å². The smallest absolute Gasteiger partial charge is 0.255 e. The number of rotatable bonds is 7. The Kier molecular flexibility index (Phi) is 9.26. The van der Waals surface area contributed by atoms with Crippen molar-refractivity contribution in [1.29, 1.82) is 0 Å². The van der Waals surface area contributed by atoms with E-state index in [-0.39, 0.29) is 18.3 Å². The maximum Gasteiger partial charge on any atom is 0.255 e. The average molecular weight is 614 g/mol. The molecule has 3 heterocycles. The van der Waals surface area contributed by atoms with Crippen LogP contribution in [0.2, 0.25) is 0 Å². The van der Waals surface area contributed by atoms with Crippen LogP contribution in [-0.4, -0.2) is 38.4 Å². The molecule has 3 aliphatic rings. The molecule has 1 saturated heterocycles. The van der Waals surface area contributed by atoms with E-state index in [4.69, 9.17) is 16.3 Å². The maximum atomic E-state index is 13.5. The number of aromatic nitrogens is 3. The lowest BCUT2D eigenvalue weighted by Gasteiger charge is -2.26. The average Bonchev–Trinajstić information content (AvgIpc) is 3.27. The minimum absolute atomic E-state index is 0.122. The Balaban J connectivity index is 1.15. The number of nitrogens with one attached hydrogen (secondary N) is 1.